The number of methoxy groups -OCH3 is 3. The Morgan fingerprint density at radius 3 is 2.33 bits per heavy atom. The zero-order chi connectivity index (χ0) is 31.1. The molecule has 0 atom stereocenters. The highest BCUT2D eigenvalue weighted by molar-refractivity contribution is 8.04. The number of alkyl halides is 3. The van der Waals surface area contributed by atoms with Gasteiger partial charge in [0.05, 0.1) is 25.5 Å². The zero-order valence-corrected chi connectivity index (χ0v) is 24.2. The summed E-state index contributed by atoms with van der Waals surface area (Å²) in [6.07, 6.45) is -4.07. The number of imide groups is 1. The minimum Gasteiger partial charge on any atom is -0.497 e. The number of amides is 3. The Bertz CT molecular complexity index is 1540. The first kappa shape index (κ1) is 31.4. The summed E-state index contributed by atoms with van der Waals surface area (Å²) in [5.74, 6) is -0.701. The van der Waals surface area contributed by atoms with Crippen LogP contribution in [0.25, 0.3) is 0 Å². The van der Waals surface area contributed by atoms with Gasteiger partial charge in [-0.05, 0) is 61.0 Å². The van der Waals surface area contributed by atoms with Crippen molar-refractivity contribution >= 4 is 40.9 Å². The molecule has 9 nitrogen and oxygen atoms in total. The Balaban J connectivity index is 1.60. The van der Waals surface area contributed by atoms with Crippen molar-refractivity contribution in [1.82, 2.24) is 4.90 Å². The average Bonchev–Trinajstić information content (AvgIpc) is 3.20. The van der Waals surface area contributed by atoms with Crippen molar-refractivity contribution < 1.29 is 41.8 Å². The number of hydrogen-bond acceptors (Lipinski definition) is 8. The van der Waals surface area contributed by atoms with E-state index in [1.807, 2.05) is 0 Å². The van der Waals surface area contributed by atoms with Crippen LogP contribution in [-0.2, 0) is 20.5 Å². The van der Waals surface area contributed by atoms with Crippen LogP contribution in [0.5, 0.6) is 11.5 Å². The van der Waals surface area contributed by atoms with Crippen molar-refractivity contribution in [2.45, 2.75) is 17.5 Å². The number of benzene rings is 3. The third-order valence-electron chi connectivity index (χ3n) is 6.31. The lowest BCUT2D eigenvalue weighted by Crippen LogP contribution is -2.33. The van der Waals surface area contributed by atoms with Gasteiger partial charge in [-0.25, -0.2) is 0 Å². The number of ether oxygens (including phenoxy) is 3. The third kappa shape index (κ3) is 7.48. The maximum atomic E-state index is 13.5. The van der Waals surface area contributed by atoms with Crippen molar-refractivity contribution in [2.24, 2.45) is 0 Å². The number of thioether (sulfide) groups is 1. The molecular weight excluding hydrogens is 587 g/mol. The van der Waals surface area contributed by atoms with Gasteiger partial charge in [0.25, 0.3) is 17.7 Å². The van der Waals surface area contributed by atoms with Crippen molar-refractivity contribution in [3.05, 3.63) is 88.5 Å². The predicted molar refractivity (Wildman–Crippen MR) is 155 cm³/mol. The molecule has 13 heteroatoms. The average molecular weight is 616 g/mol. The summed E-state index contributed by atoms with van der Waals surface area (Å²) < 4.78 is 54.4. The Morgan fingerprint density at radius 2 is 1.67 bits per heavy atom. The van der Waals surface area contributed by atoms with Gasteiger partial charge in [0.2, 0.25) is 0 Å². The largest absolute Gasteiger partial charge is 0.497 e. The fourth-order valence-electron chi connectivity index (χ4n) is 4.13. The third-order valence-corrected chi connectivity index (χ3v) is 7.38. The smallest absolute Gasteiger partial charge is 0.416 e. The number of rotatable bonds is 12. The maximum Gasteiger partial charge on any atom is 0.416 e. The lowest BCUT2D eigenvalue weighted by molar-refractivity contribution is -0.138. The molecule has 0 aromatic heterocycles. The molecule has 0 unspecified atom stereocenters. The standard InChI is InChI=1S/C30H28F3N3O6S/c1-40-15-5-14-36-28(38)25(35-23-13-12-21(41-2)17-24(23)42-3)26(29(36)39)43-22-7-4-6-20(16-22)34-27(37)18-8-10-19(11-9-18)30(31,32)33/h4,6-13,16-17,35H,5,14-15H2,1-3H3,(H,34,37). The first-order valence-corrected chi connectivity index (χ1v) is 13.7. The number of carbonyl (C=O) groups excluding carboxylic acids is 3. The van der Waals surface area contributed by atoms with E-state index in [1.165, 1.54) is 21.3 Å². The van der Waals surface area contributed by atoms with Crippen molar-refractivity contribution in [3.63, 3.8) is 0 Å². The molecule has 4 rings (SSSR count). The minimum absolute atomic E-state index is 0.0388. The van der Waals surface area contributed by atoms with Gasteiger partial charge in [0.1, 0.15) is 22.1 Å². The van der Waals surface area contributed by atoms with Gasteiger partial charge >= 0.3 is 6.18 Å². The van der Waals surface area contributed by atoms with Gasteiger partial charge in [0, 0.05) is 42.5 Å². The van der Waals surface area contributed by atoms with Crippen LogP contribution in [0, 0.1) is 0 Å². The highest BCUT2D eigenvalue weighted by Gasteiger charge is 2.39. The Morgan fingerprint density at radius 1 is 0.930 bits per heavy atom. The molecular formula is C30H28F3N3O6S. The molecule has 3 aromatic carbocycles. The summed E-state index contributed by atoms with van der Waals surface area (Å²) in [6.45, 7) is 0.499. The summed E-state index contributed by atoms with van der Waals surface area (Å²) >= 11 is 1.03. The molecule has 0 fully saturated rings. The van der Waals surface area contributed by atoms with Gasteiger partial charge < -0.3 is 24.8 Å². The summed E-state index contributed by atoms with van der Waals surface area (Å²) in [7, 11) is 4.50. The number of halogens is 3. The molecule has 0 aliphatic carbocycles. The van der Waals surface area contributed by atoms with E-state index in [1.54, 1.807) is 42.5 Å². The molecule has 0 saturated carbocycles. The second-order valence-electron chi connectivity index (χ2n) is 9.16. The predicted octanol–water partition coefficient (Wildman–Crippen LogP) is 5.80. The van der Waals surface area contributed by atoms with Gasteiger partial charge in [-0.3, -0.25) is 19.3 Å². The van der Waals surface area contributed by atoms with Crippen LogP contribution in [0.4, 0.5) is 24.5 Å². The van der Waals surface area contributed by atoms with E-state index in [0.717, 1.165) is 40.9 Å². The van der Waals surface area contributed by atoms with E-state index in [2.05, 4.69) is 10.6 Å². The number of anilines is 2. The minimum atomic E-state index is -4.51. The first-order chi connectivity index (χ1) is 20.5. The molecule has 3 amide bonds. The highest BCUT2D eigenvalue weighted by Crippen LogP contribution is 2.39. The lowest BCUT2D eigenvalue weighted by Gasteiger charge is -2.15. The summed E-state index contributed by atoms with van der Waals surface area (Å²) in [6, 6.07) is 15.4. The quantitative estimate of drug-likeness (QED) is 0.195. The molecule has 2 N–H and O–H groups in total. The fraction of sp³-hybridized carbons (Fsp3) is 0.233. The van der Waals surface area contributed by atoms with Crippen LogP contribution in [0.3, 0.4) is 0 Å². The molecule has 3 aromatic rings. The van der Waals surface area contributed by atoms with Gasteiger partial charge in [-0.2, -0.15) is 13.2 Å². The number of nitrogens with one attached hydrogen (secondary N) is 2. The molecule has 226 valence electrons. The van der Waals surface area contributed by atoms with E-state index in [9.17, 15) is 27.6 Å². The van der Waals surface area contributed by atoms with E-state index in [-0.39, 0.29) is 22.7 Å². The Kier molecular flexibility index (Phi) is 9.99. The molecule has 0 spiro atoms. The molecule has 0 radical (unpaired) electrons. The van der Waals surface area contributed by atoms with Crippen LogP contribution in [0.15, 0.2) is 82.2 Å². The normalized spacial score (nSPS) is 13.4. The highest BCUT2D eigenvalue weighted by atomic mass is 32.2. The SMILES string of the molecule is COCCCN1C(=O)C(Nc2ccc(OC)cc2OC)=C(Sc2cccc(NC(=O)c3ccc(C(F)(F)F)cc3)c2)C1=O. The topological polar surface area (TPSA) is 106 Å². The van der Waals surface area contributed by atoms with Crippen LogP contribution in [0.1, 0.15) is 22.3 Å². The fourth-order valence-corrected chi connectivity index (χ4v) is 5.14. The zero-order valence-electron chi connectivity index (χ0n) is 23.4. The molecule has 1 heterocycles. The van der Waals surface area contributed by atoms with Crippen LogP contribution >= 0.6 is 11.8 Å². The van der Waals surface area contributed by atoms with Crippen molar-refractivity contribution in [2.75, 3.05) is 45.1 Å². The number of carbonyl (C=O) groups is 3. The van der Waals surface area contributed by atoms with Crippen molar-refractivity contribution in [3.8, 4) is 11.5 Å². The van der Waals surface area contributed by atoms with E-state index in [0.29, 0.717) is 40.8 Å². The lowest BCUT2D eigenvalue weighted by atomic mass is 10.1. The molecule has 1 aliphatic heterocycles. The van der Waals surface area contributed by atoms with Crippen LogP contribution < -0.4 is 20.1 Å². The first-order valence-electron chi connectivity index (χ1n) is 12.9. The van der Waals surface area contributed by atoms with Crippen molar-refractivity contribution in [1.29, 1.82) is 0 Å². The van der Waals surface area contributed by atoms with E-state index < -0.39 is 29.5 Å². The molecule has 43 heavy (non-hydrogen) atoms. The molecule has 1 aliphatic rings. The Labute approximate surface area is 250 Å². The summed E-state index contributed by atoms with van der Waals surface area (Å²) in [5.41, 5.74) is 0.0101. The van der Waals surface area contributed by atoms with Gasteiger partial charge in [-0.15, -0.1) is 0 Å². The van der Waals surface area contributed by atoms with Gasteiger partial charge in [0.15, 0.2) is 0 Å². The van der Waals surface area contributed by atoms with E-state index in [4.69, 9.17) is 14.2 Å². The molecule has 0 saturated heterocycles. The van der Waals surface area contributed by atoms with Crippen LogP contribution in [-0.4, -0.2) is 57.1 Å². The van der Waals surface area contributed by atoms with Gasteiger partial charge in [-0.1, -0.05) is 17.8 Å². The number of nitrogens with zero attached hydrogens (tertiary/aromatic N) is 1. The number of hydrogen-bond donors (Lipinski definition) is 2. The van der Waals surface area contributed by atoms with Crippen LogP contribution in [0.2, 0.25) is 0 Å². The monoisotopic (exact) mass is 615 g/mol. The molecule has 0 bridgehead atoms. The second-order valence-corrected chi connectivity index (χ2v) is 10.2. The Hall–Kier alpha value is -4.49. The maximum absolute atomic E-state index is 13.5. The summed E-state index contributed by atoms with van der Waals surface area (Å²) in [5, 5.41) is 5.70. The summed E-state index contributed by atoms with van der Waals surface area (Å²) in [4.78, 5) is 41.4. The van der Waals surface area contributed by atoms with E-state index >= 15 is 0 Å². The second kappa shape index (κ2) is 13.7.